The molecule has 0 aromatic heterocycles. The van der Waals surface area contributed by atoms with Crippen LogP contribution in [0.1, 0.15) is 18.1 Å². The second-order valence-electron chi connectivity index (χ2n) is 3.49. The maximum absolute atomic E-state index is 11.8. The van der Waals surface area contributed by atoms with Gasteiger partial charge in [0.05, 0.1) is 4.90 Å². The van der Waals surface area contributed by atoms with Crippen molar-refractivity contribution in [2.45, 2.75) is 25.7 Å². The molecule has 0 aliphatic heterocycles. The van der Waals surface area contributed by atoms with E-state index in [0.717, 1.165) is 0 Å². The van der Waals surface area contributed by atoms with Crippen molar-refractivity contribution in [2.75, 3.05) is 12.3 Å². The molecule has 0 amide bonds. The minimum atomic E-state index is -3.39. The molecule has 1 rings (SSSR count). The highest BCUT2D eigenvalue weighted by molar-refractivity contribution is 7.89. The molecule has 0 atom stereocenters. The maximum Gasteiger partial charge on any atom is 0.241 e. The summed E-state index contributed by atoms with van der Waals surface area (Å²) in [6.07, 6.45) is 0. The highest BCUT2D eigenvalue weighted by Crippen LogP contribution is 2.22. The molecular formula is C10H16N2O2S. The quantitative estimate of drug-likeness (QED) is 0.763. The molecule has 0 saturated heterocycles. The maximum atomic E-state index is 11.8. The zero-order valence-corrected chi connectivity index (χ0v) is 9.98. The molecule has 0 radical (unpaired) electrons. The third-order valence-electron chi connectivity index (χ3n) is 2.09. The van der Waals surface area contributed by atoms with E-state index in [1.807, 2.05) is 0 Å². The lowest BCUT2D eigenvalue weighted by molar-refractivity contribution is 0.582. The first-order chi connectivity index (χ1) is 6.88. The third kappa shape index (κ3) is 2.49. The van der Waals surface area contributed by atoms with Gasteiger partial charge >= 0.3 is 0 Å². The Balaban J connectivity index is 3.38. The van der Waals surface area contributed by atoms with E-state index in [4.69, 9.17) is 5.73 Å². The zero-order valence-electron chi connectivity index (χ0n) is 9.16. The Labute approximate surface area is 90.5 Å². The highest BCUT2D eigenvalue weighted by Gasteiger charge is 2.18. The second kappa shape index (κ2) is 4.20. The summed E-state index contributed by atoms with van der Waals surface area (Å²) < 4.78 is 26.1. The summed E-state index contributed by atoms with van der Waals surface area (Å²) in [5.74, 6) is 0. The fourth-order valence-electron chi connectivity index (χ4n) is 1.67. The normalized spacial score (nSPS) is 11.7. The van der Waals surface area contributed by atoms with Gasteiger partial charge in [-0.2, -0.15) is 0 Å². The molecule has 84 valence electrons. The van der Waals surface area contributed by atoms with Crippen molar-refractivity contribution in [3.63, 3.8) is 0 Å². The number of nitrogen functional groups attached to an aromatic ring is 1. The zero-order chi connectivity index (χ0) is 11.6. The molecule has 0 aliphatic carbocycles. The smallest absolute Gasteiger partial charge is 0.241 e. The van der Waals surface area contributed by atoms with Gasteiger partial charge < -0.3 is 5.73 Å². The number of benzene rings is 1. The van der Waals surface area contributed by atoms with E-state index in [1.54, 1.807) is 32.9 Å². The van der Waals surface area contributed by atoms with Crippen LogP contribution in [-0.2, 0) is 10.0 Å². The molecule has 0 fully saturated rings. The van der Waals surface area contributed by atoms with E-state index in [2.05, 4.69) is 4.72 Å². The predicted molar refractivity (Wildman–Crippen MR) is 61.2 cm³/mol. The third-order valence-corrected chi connectivity index (χ3v) is 3.94. The predicted octanol–water partition coefficient (Wildman–Crippen LogP) is 1.18. The summed E-state index contributed by atoms with van der Waals surface area (Å²) in [7, 11) is -3.39. The minimum Gasteiger partial charge on any atom is -0.399 e. The largest absolute Gasteiger partial charge is 0.399 e. The van der Waals surface area contributed by atoms with Crippen molar-refractivity contribution in [1.82, 2.24) is 4.72 Å². The lowest BCUT2D eigenvalue weighted by atomic mass is 10.1. The monoisotopic (exact) mass is 228 g/mol. The molecule has 0 aliphatic rings. The summed E-state index contributed by atoms with van der Waals surface area (Å²) in [6, 6.07) is 3.33. The van der Waals surface area contributed by atoms with Crippen LogP contribution in [0.5, 0.6) is 0 Å². The van der Waals surface area contributed by atoms with Crippen LogP contribution in [0.2, 0.25) is 0 Å². The number of hydrogen-bond acceptors (Lipinski definition) is 3. The van der Waals surface area contributed by atoms with E-state index in [9.17, 15) is 8.42 Å². The molecule has 3 N–H and O–H groups in total. The highest BCUT2D eigenvalue weighted by atomic mass is 32.2. The Kier molecular flexibility index (Phi) is 3.36. The van der Waals surface area contributed by atoms with E-state index in [-0.39, 0.29) is 0 Å². The molecule has 4 nitrogen and oxygen atoms in total. The fourth-order valence-corrected chi connectivity index (χ4v) is 3.16. The van der Waals surface area contributed by atoms with Gasteiger partial charge in [-0.05, 0) is 37.1 Å². The molecule has 0 saturated carbocycles. The van der Waals surface area contributed by atoms with Crippen LogP contribution in [0, 0.1) is 13.8 Å². The molecular weight excluding hydrogens is 212 g/mol. The van der Waals surface area contributed by atoms with Gasteiger partial charge in [0.15, 0.2) is 0 Å². The molecule has 15 heavy (non-hydrogen) atoms. The van der Waals surface area contributed by atoms with E-state index in [1.165, 1.54) is 0 Å². The van der Waals surface area contributed by atoms with Gasteiger partial charge in [0.2, 0.25) is 10.0 Å². The Morgan fingerprint density at radius 2 is 1.73 bits per heavy atom. The van der Waals surface area contributed by atoms with E-state index in [0.29, 0.717) is 28.3 Å². The molecule has 5 heteroatoms. The van der Waals surface area contributed by atoms with Gasteiger partial charge in [0, 0.05) is 12.2 Å². The molecule has 1 aromatic rings. The number of nitrogens with one attached hydrogen (secondary N) is 1. The van der Waals surface area contributed by atoms with Crippen molar-refractivity contribution < 1.29 is 8.42 Å². The van der Waals surface area contributed by atoms with Crippen LogP contribution in [0.25, 0.3) is 0 Å². The summed E-state index contributed by atoms with van der Waals surface area (Å²) in [5.41, 5.74) is 7.56. The van der Waals surface area contributed by atoms with Gasteiger partial charge in [0.1, 0.15) is 0 Å². The number of rotatable bonds is 3. The number of sulfonamides is 1. The Morgan fingerprint density at radius 3 is 2.13 bits per heavy atom. The minimum absolute atomic E-state index is 0.332. The first-order valence-corrected chi connectivity index (χ1v) is 6.23. The first kappa shape index (κ1) is 12.0. The second-order valence-corrected chi connectivity index (χ2v) is 5.19. The summed E-state index contributed by atoms with van der Waals surface area (Å²) in [6.45, 7) is 5.62. The van der Waals surface area contributed by atoms with E-state index < -0.39 is 10.0 Å². The van der Waals surface area contributed by atoms with Crippen LogP contribution < -0.4 is 10.5 Å². The van der Waals surface area contributed by atoms with Crippen molar-refractivity contribution in [2.24, 2.45) is 0 Å². The Morgan fingerprint density at radius 1 is 1.27 bits per heavy atom. The lowest BCUT2D eigenvalue weighted by Crippen LogP contribution is -2.24. The number of aryl methyl sites for hydroxylation is 2. The molecule has 0 unspecified atom stereocenters. The molecule has 0 bridgehead atoms. The first-order valence-electron chi connectivity index (χ1n) is 4.75. The summed E-state index contributed by atoms with van der Waals surface area (Å²) in [4.78, 5) is 0.332. The van der Waals surface area contributed by atoms with Crippen LogP contribution in [0.15, 0.2) is 17.0 Å². The summed E-state index contributed by atoms with van der Waals surface area (Å²) >= 11 is 0. The van der Waals surface area contributed by atoms with Gasteiger partial charge in [0.25, 0.3) is 0 Å². The molecule has 1 aromatic carbocycles. The standard InChI is InChI=1S/C10H16N2O2S/c1-4-12-15(13,14)10-7(2)5-9(11)6-8(10)3/h5-6,12H,4,11H2,1-3H3. The van der Waals surface area contributed by atoms with E-state index >= 15 is 0 Å². The van der Waals surface area contributed by atoms with Crippen molar-refractivity contribution in [3.8, 4) is 0 Å². The Hall–Kier alpha value is -1.07. The van der Waals surface area contributed by atoms with Crippen LogP contribution in [0.3, 0.4) is 0 Å². The van der Waals surface area contributed by atoms with Crippen molar-refractivity contribution in [3.05, 3.63) is 23.3 Å². The topological polar surface area (TPSA) is 72.2 Å². The lowest BCUT2D eigenvalue weighted by Gasteiger charge is -2.11. The average molecular weight is 228 g/mol. The van der Waals surface area contributed by atoms with Crippen LogP contribution >= 0.6 is 0 Å². The number of nitrogens with two attached hydrogens (primary N) is 1. The van der Waals surface area contributed by atoms with Crippen LogP contribution in [0.4, 0.5) is 5.69 Å². The van der Waals surface area contributed by atoms with Gasteiger partial charge in [-0.15, -0.1) is 0 Å². The molecule has 0 spiro atoms. The number of anilines is 1. The van der Waals surface area contributed by atoms with Gasteiger partial charge in [-0.1, -0.05) is 6.92 Å². The summed E-state index contributed by atoms with van der Waals surface area (Å²) in [5, 5.41) is 0. The fraction of sp³-hybridized carbons (Fsp3) is 0.400. The van der Waals surface area contributed by atoms with Crippen molar-refractivity contribution >= 4 is 15.7 Å². The SMILES string of the molecule is CCNS(=O)(=O)c1c(C)cc(N)cc1C. The number of hydrogen-bond donors (Lipinski definition) is 2. The van der Waals surface area contributed by atoms with Gasteiger partial charge in [-0.3, -0.25) is 0 Å². The van der Waals surface area contributed by atoms with Crippen LogP contribution in [-0.4, -0.2) is 15.0 Å². The molecule has 0 heterocycles. The van der Waals surface area contributed by atoms with Crippen molar-refractivity contribution in [1.29, 1.82) is 0 Å². The van der Waals surface area contributed by atoms with Gasteiger partial charge in [-0.25, -0.2) is 13.1 Å². The Bertz CT molecular complexity index is 443. The average Bonchev–Trinajstić information content (AvgIpc) is 1.99.